The third kappa shape index (κ3) is 1.21. The van der Waals surface area contributed by atoms with Gasteiger partial charge in [-0.3, -0.25) is 0 Å². The molecule has 2 aromatic rings. The Morgan fingerprint density at radius 1 is 1.36 bits per heavy atom. The maximum atomic E-state index is 11.0. The standard InChI is InChI=1S/C10H9NO3/c1-5-2-6(12)3-8-10(5)7(11)4-9(13)14-8/h2-4,12H,11H2,1H3. The lowest BCUT2D eigenvalue weighted by atomic mass is 10.1. The zero-order valence-electron chi connectivity index (χ0n) is 7.57. The molecule has 2 rings (SSSR count). The average Bonchev–Trinajstić information content (AvgIpc) is 1.99. The Morgan fingerprint density at radius 2 is 2.07 bits per heavy atom. The Kier molecular flexibility index (Phi) is 1.70. The molecule has 0 spiro atoms. The minimum absolute atomic E-state index is 0.0590. The van der Waals surface area contributed by atoms with E-state index in [4.69, 9.17) is 10.2 Å². The number of aryl methyl sites for hydroxylation is 1. The molecule has 4 nitrogen and oxygen atoms in total. The lowest BCUT2D eigenvalue weighted by Gasteiger charge is -2.04. The van der Waals surface area contributed by atoms with E-state index in [-0.39, 0.29) is 5.75 Å². The van der Waals surface area contributed by atoms with Gasteiger partial charge in [-0.05, 0) is 18.6 Å². The Morgan fingerprint density at radius 3 is 2.79 bits per heavy atom. The number of rotatable bonds is 0. The van der Waals surface area contributed by atoms with E-state index in [9.17, 15) is 9.90 Å². The van der Waals surface area contributed by atoms with Gasteiger partial charge in [-0.2, -0.15) is 0 Å². The smallest absolute Gasteiger partial charge is 0.338 e. The van der Waals surface area contributed by atoms with E-state index in [2.05, 4.69) is 0 Å². The van der Waals surface area contributed by atoms with Crippen molar-refractivity contribution in [2.24, 2.45) is 0 Å². The van der Waals surface area contributed by atoms with E-state index >= 15 is 0 Å². The van der Waals surface area contributed by atoms with Crippen molar-refractivity contribution in [1.29, 1.82) is 0 Å². The summed E-state index contributed by atoms with van der Waals surface area (Å²) < 4.78 is 4.91. The van der Waals surface area contributed by atoms with Gasteiger partial charge in [0.15, 0.2) is 0 Å². The van der Waals surface area contributed by atoms with E-state index in [0.717, 1.165) is 5.56 Å². The highest BCUT2D eigenvalue weighted by molar-refractivity contribution is 5.92. The van der Waals surface area contributed by atoms with Gasteiger partial charge in [0.05, 0.1) is 5.69 Å². The summed E-state index contributed by atoms with van der Waals surface area (Å²) in [6.45, 7) is 1.79. The van der Waals surface area contributed by atoms with Crippen LogP contribution in [0.3, 0.4) is 0 Å². The number of benzene rings is 1. The number of aromatic hydroxyl groups is 1. The van der Waals surface area contributed by atoms with Gasteiger partial charge in [0.2, 0.25) is 0 Å². The highest BCUT2D eigenvalue weighted by atomic mass is 16.4. The number of hydrogen-bond donors (Lipinski definition) is 2. The number of phenols is 1. The first-order valence-electron chi connectivity index (χ1n) is 4.11. The molecule has 14 heavy (non-hydrogen) atoms. The molecule has 0 saturated heterocycles. The van der Waals surface area contributed by atoms with Crippen LogP contribution in [0.5, 0.6) is 5.75 Å². The van der Waals surface area contributed by atoms with E-state index in [1.165, 1.54) is 12.1 Å². The van der Waals surface area contributed by atoms with Crippen LogP contribution in [0.4, 0.5) is 5.69 Å². The number of anilines is 1. The third-order valence-electron chi connectivity index (χ3n) is 2.06. The lowest BCUT2D eigenvalue weighted by Crippen LogP contribution is -2.01. The van der Waals surface area contributed by atoms with Crippen LogP contribution in [0, 0.1) is 6.92 Å². The molecular formula is C10H9NO3. The Balaban J connectivity index is 3.01. The zero-order chi connectivity index (χ0) is 10.3. The summed E-state index contributed by atoms with van der Waals surface area (Å²) in [6.07, 6.45) is 0. The summed E-state index contributed by atoms with van der Waals surface area (Å²) in [7, 11) is 0. The minimum atomic E-state index is -0.514. The second kappa shape index (κ2) is 2.77. The number of hydrogen-bond acceptors (Lipinski definition) is 4. The van der Waals surface area contributed by atoms with Crippen molar-refractivity contribution in [3.8, 4) is 5.75 Å². The van der Waals surface area contributed by atoms with Crippen LogP contribution in [0.15, 0.2) is 27.4 Å². The van der Waals surface area contributed by atoms with Crippen LogP contribution in [0.1, 0.15) is 5.56 Å². The minimum Gasteiger partial charge on any atom is -0.508 e. The molecule has 0 radical (unpaired) electrons. The molecule has 0 aliphatic rings. The van der Waals surface area contributed by atoms with Gasteiger partial charge < -0.3 is 15.3 Å². The first-order valence-corrected chi connectivity index (χ1v) is 4.11. The second-order valence-electron chi connectivity index (χ2n) is 3.16. The predicted octanol–water partition coefficient (Wildman–Crippen LogP) is 1.39. The molecule has 0 bridgehead atoms. The molecule has 3 N–H and O–H groups in total. The fraction of sp³-hybridized carbons (Fsp3) is 0.100. The van der Waals surface area contributed by atoms with Crippen molar-refractivity contribution in [3.63, 3.8) is 0 Å². The van der Waals surface area contributed by atoms with Crippen LogP contribution in [-0.4, -0.2) is 5.11 Å². The monoisotopic (exact) mass is 191 g/mol. The average molecular weight is 191 g/mol. The second-order valence-corrected chi connectivity index (χ2v) is 3.16. The fourth-order valence-corrected chi connectivity index (χ4v) is 1.52. The quantitative estimate of drug-likeness (QED) is 0.617. The van der Waals surface area contributed by atoms with Gasteiger partial charge in [-0.25, -0.2) is 4.79 Å². The van der Waals surface area contributed by atoms with E-state index in [1.54, 1.807) is 13.0 Å². The molecule has 1 aromatic heterocycles. The molecule has 1 aromatic carbocycles. The van der Waals surface area contributed by atoms with Gasteiger partial charge in [0.25, 0.3) is 0 Å². The first-order chi connectivity index (χ1) is 6.58. The van der Waals surface area contributed by atoms with Gasteiger partial charge in [0, 0.05) is 17.5 Å². The topological polar surface area (TPSA) is 76.5 Å². The Hall–Kier alpha value is -1.97. The molecule has 0 atom stereocenters. The van der Waals surface area contributed by atoms with Crippen LogP contribution < -0.4 is 11.4 Å². The molecule has 1 heterocycles. The van der Waals surface area contributed by atoms with E-state index < -0.39 is 5.63 Å². The Labute approximate surface area is 79.6 Å². The summed E-state index contributed by atoms with van der Waals surface area (Å²) in [5.74, 6) is 0.0590. The molecule has 0 saturated carbocycles. The maximum absolute atomic E-state index is 11.0. The van der Waals surface area contributed by atoms with Gasteiger partial charge in [0.1, 0.15) is 11.3 Å². The highest BCUT2D eigenvalue weighted by Crippen LogP contribution is 2.26. The lowest BCUT2D eigenvalue weighted by molar-refractivity contribution is 0.472. The number of phenolic OH excluding ortho intramolecular Hbond substituents is 1. The number of nitrogens with two attached hydrogens (primary N) is 1. The molecule has 0 amide bonds. The van der Waals surface area contributed by atoms with Crippen molar-refractivity contribution < 1.29 is 9.52 Å². The van der Waals surface area contributed by atoms with Crippen LogP contribution >= 0.6 is 0 Å². The van der Waals surface area contributed by atoms with Crippen molar-refractivity contribution in [3.05, 3.63) is 34.2 Å². The van der Waals surface area contributed by atoms with Crippen LogP contribution in [0.25, 0.3) is 11.0 Å². The highest BCUT2D eigenvalue weighted by Gasteiger charge is 2.06. The Bertz CT molecular complexity index is 557. The summed E-state index contributed by atoms with van der Waals surface area (Å²) >= 11 is 0. The molecule has 0 aliphatic carbocycles. The summed E-state index contributed by atoms with van der Waals surface area (Å²) in [6, 6.07) is 4.17. The van der Waals surface area contributed by atoms with Crippen molar-refractivity contribution >= 4 is 16.7 Å². The molecule has 0 aliphatic heterocycles. The third-order valence-corrected chi connectivity index (χ3v) is 2.06. The number of fused-ring (bicyclic) bond motifs is 1. The van der Waals surface area contributed by atoms with Gasteiger partial charge in [-0.1, -0.05) is 0 Å². The molecule has 0 unspecified atom stereocenters. The molecular weight excluding hydrogens is 182 g/mol. The van der Waals surface area contributed by atoms with Crippen molar-refractivity contribution in [1.82, 2.24) is 0 Å². The predicted molar refractivity (Wildman–Crippen MR) is 53.3 cm³/mol. The summed E-state index contributed by atoms with van der Waals surface area (Å²) in [5, 5.41) is 9.96. The van der Waals surface area contributed by atoms with Crippen molar-refractivity contribution in [2.45, 2.75) is 6.92 Å². The summed E-state index contributed by atoms with van der Waals surface area (Å²) in [4.78, 5) is 11.0. The zero-order valence-corrected chi connectivity index (χ0v) is 7.57. The normalized spacial score (nSPS) is 10.6. The largest absolute Gasteiger partial charge is 0.508 e. The molecule has 4 heteroatoms. The fourth-order valence-electron chi connectivity index (χ4n) is 1.52. The maximum Gasteiger partial charge on any atom is 0.338 e. The van der Waals surface area contributed by atoms with Crippen molar-refractivity contribution in [2.75, 3.05) is 5.73 Å². The van der Waals surface area contributed by atoms with E-state index in [0.29, 0.717) is 16.7 Å². The molecule has 72 valence electrons. The van der Waals surface area contributed by atoms with E-state index in [1.807, 2.05) is 0 Å². The number of nitrogen functional groups attached to an aromatic ring is 1. The van der Waals surface area contributed by atoms with Crippen LogP contribution in [-0.2, 0) is 0 Å². The van der Waals surface area contributed by atoms with Gasteiger partial charge >= 0.3 is 5.63 Å². The van der Waals surface area contributed by atoms with Crippen LogP contribution in [0.2, 0.25) is 0 Å². The van der Waals surface area contributed by atoms with Gasteiger partial charge in [-0.15, -0.1) is 0 Å². The molecule has 0 fully saturated rings. The summed E-state index contributed by atoms with van der Waals surface area (Å²) in [5.41, 5.74) is 6.61. The first kappa shape index (κ1) is 8.62. The SMILES string of the molecule is Cc1cc(O)cc2oc(=O)cc(N)c12.